The number of hydrogen-bond acceptors (Lipinski definition) is 2. The molecule has 0 amide bonds. The zero-order valence-electron chi connectivity index (χ0n) is 10.00. The molecule has 0 spiro atoms. The van der Waals surface area contributed by atoms with Gasteiger partial charge in [0.25, 0.3) is 0 Å². The standard InChI is InChI=1S/C10H13F7OS/c1-2-7(18)19-5-3-4-8(12,13)10(16,17)9(14,15)6-11/h2-6H2,1H3. The second-order valence-corrected chi connectivity index (χ2v) is 4.95. The molecule has 0 aromatic rings. The van der Waals surface area contributed by atoms with E-state index in [1.54, 1.807) is 0 Å². The van der Waals surface area contributed by atoms with Gasteiger partial charge in [-0.15, -0.1) is 0 Å². The first kappa shape index (κ1) is 18.5. The Morgan fingerprint density at radius 3 is 2.00 bits per heavy atom. The van der Waals surface area contributed by atoms with Gasteiger partial charge in [0.1, 0.15) is 0 Å². The van der Waals surface area contributed by atoms with Gasteiger partial charge < -0.3 is 0 Å². The van der Waals surface area contributed by atoms with Crippen LogP contribution in [-0.4, -0.2) is 35.3 Å². The Balaban J connectivity index is 4.49. The fourth-order valence-corrected chi connectivity index (χ4v) is 1.81. The first-order valence-electron chi connectivity index (χ1n) is 5.37. The van der Waals surface area contributed by atoms with Crippen LogP contribution in [0.5, 0.6) is 0 Å². The van der Waals surface area contributed by atoms with Crippen molar-refractivity contribution in [2.75, 3.05) is 12.4 Å². The van der Waals surface area contributed by atoms with Crippen molar-refractivity contribution in [1.29, 1.82) is 0 Å². The van der Waals surface area contributed by atoms with Gasteiger partial charge in [-0.2, -0.15) is 26.3 Å². The highest BCUT2D eigenvalue weighted by Crippen LogP contribution is 2.48. The summed E-state index contributed by atoms with van der Waals surface area (Å²) in [6, 6.07) is 0. The summed E-state index contributed by atoms with van der Waals surface area (Å²) in [5.74, 6) is -16.4. The fourth-order valence-electron chi connectivity index (χ4n) is 1.09. The highest BCUT2D eigenvalue weighted by atomic mass is 32.2. The molecule has 0 rings (SSSR count). The van der Waals surface area contributed by atoms with Gasteiger partial charge in [-0.1, -0.05) is 18.7 Å². The van der Waals surface area contributed by atoms with E-state index in [9.17, 15) is 35.5 Å². The van der Waals surface area contributed by atoms with Crippen LogP contribution >= 0.6 is 11.8 Å². The van der Waals surface area contributed by atoms with Gasteiger partial charge in [0.2, 0.25) is 0 Å². The van der Waals surface area contributed by atoms with Crippen LogP contribution in [0.1, 0.15) is 26.2 Å². The SMILES string of the molecule is CCC(=O)SCCCC(F)(F)C(F)(F)C(F)(F)CF. The third-order valence-corrected chi connectivity index (χ3v) is 3.38. The zero-order chi connectivity index (χ0) is 15.3. The van der Waals surface area contributed by atoms with Crippen LogP contribution in [0.3, 0.4) is 0 Å². The molecule has 0 N–H and O–H groups in total. The minimum absolute atomic E-state index is 0.150. The molecule has 0 aromatic heterocycles. The van der Waals surface area contributed by atoms with Crippen LogP contribution in [0, 0.1) is 0 Å². The van der Waals surface area contributed by atoms with Gasteiger partial charge in [0.15, 0.2) is 11.8 Å². The van der Waals surface area contributed by atoms with E-state index in [1.165, 1.54) is 6.92 Å². The minimum atomic E-state index is -5.76. The Hall–Kier alpha value is -0.470. The number of alkyl halides is 7. The molecule has 1 nitrogen and oxygen atoms in total. The summed E-state index contributed by atoms with van der Waals surface area (Å²) in [5.41, 5.74) is 0. The van der Waals surface area contributed by atoms with Crippen molar-refractivity contribution in [2.45, 2.75) is 44.0 Å². The molecule has 0 unspecified atom stereocenters. The maximum atomic E-state index is 13.0. The third-order valence-electron chi connectivity index (χ3n) is 2.27. The largest absolute Gasteiger partial charge is 0.374 e. The summed E-state index contributed by atoms with van der Waals surface area (Å²) in [5, 5.41) is -0.316. The molecule has 0 aliphatic carbocycles. The summed E-state index contributed by atoms with van der Waals surface area (Å²) in [6.45, 7) is -1.33. The summed E-state index contributed by atoms with van der Waals surface area (Å²) >= 11 is 0.662. The monoisotopic (exact) mass is 314 g/mol. The van der Waals surface area contributed by atoms with Crippen molar-refractivity contribution in [3.05, 3.63) is 0 Å². The van der Waals surface area contributed by atoms with Gasteiger partial charge in [-0.3, -0.25) is 4.79 Å². The summed E-state index contributed by atoms with van der Waals surface area (Å²) < 4.78 is 88.3. The molecule has 0 fully saturated rings. The van der Waals surface area contributed by atoms with E-state index < -0.39 is 37.3 Å². The first-order valence-corrected chi connectivity index (χ1v) is 6.35. The lowest BCUT2D eigenvalue weighted by Gasteiger charge is -2.31. The van der Waals surface area contributed by atoms with Gasteiger partial charge in [0.05, 0.1) is 0 Å². The molecule has 0 saturated heterocycles. The Kier molecular flexibility index (Phi) is 6.64. The van der Waals surface area contributed by atoms with Crippen molar-refractivity contribution in [1.82, 2.24) is 0 Å². The summed E-state index contributed by atoms with van der Waals surface area (Å²) in [7, 11) is 0. The molecule has 0 aromatic carbocycles. The van der Waals surface area contributed by atoms with Crippen molar-refractivity contribution >= 4 is 16.9 Å². The van der Waals surface area contributed by atoms with Crippen molar-refractivity contribution in [3.8, 4) is 0 Å². The second kappa shape index (κ2) is 6.81. The molecule has 0 radical (unpaired) electrons. The number of carbonyl (C=O) groups is 1. The van der Waals surface area contributed by atoms with Crippen LogP contribution in [0.15, 0.2) is 0 Å². The molecule has 0 aliphatic rings. The quantitative estimate of drug-likeness (QED) is 0.490. The van der Waals surface area contributed by atoms with Crippen molar-refractivity contribution in [3.63, 3.8) is 0 Å². The van der Waals surface area contributed by atoms with E-state index in [-0.39, 0.29) is 17.3 Å². The number of hydrogen-bond donors (Lipinski definition) is 0. The molecule has 0 bridgehead atoms. The lowest BCUT2D eigenvalue weighted by atomic mass is 10.0. The Bertz CT molecular complexity index is 306. The lowest BCUT2D eigenvalue weighted by molar-refractivity contribution is -0.313. The second-order valence-electron chi connectivity index (χ2n) is 3.79. The van der Waals surface area contributed by atoms with Crippen LogP contribution in [0.2, 0.25) is 0 Å². The van der Waals surface area contributed by atoms with Crippen LogP contribution in [0.25, 0.3) is 0 Å². The predicted octanol–water partition coefficient (Wildman–Crippen LogP) is 4.31. The van der Waals surface area contributed by atoms with Crippen molar-refractivity contribution < 1.29 is 35.5 Å². The smallest absolute Gasteiger partial charge is 0.287 e. The normalized spacial score (nSPS) is 13.7. The number of thioether (sulfide) groups is 1. The molecule has 114 valence electrons. The first-order chi connectivity index (χ1) is 8.52. The van der Waals surface area contributed by atoms with Crippen LogP contribution in [0.4, 0.5) is 30.7 Å². The van der Waals surface area contributed by atoms with E-state index in [4.69, 9.17) is 0 Å². The fraction of sp³-hybridized carbons (Fsp3) is 0.900. The van der Waals surface area contributed by atoms with Gasteiger partial charge in [-0.25, -0.2) is 4.39 Å². The van der Waals surface area contributed by atoms with Crippen molar-refractivity contribution in [2.24, 2.45) is 0 Å². The molecule has 0 saturated carbocycles. The van der Waals surface area contributed by atoms with E-state index >= 15 is 0 Å². The average molecular weight is 314 g/mol. The van der Waals surface area contributed by atoms with Crippen LogP contribution < -0.4 is 0 Å². The van der Waals surface area contributed by atoms with E-state index in [0.29, 0.717) is 11.8 Å². The number of halogens is 7. The predicted molar refractivity (Wildman–Crippen MR) is 57.8 cm³/mol. The summed E-state index contributed by atoms with van der Waals surface area (Å²) in [6.07, 6.45) is -1.95. The molecule has 0 heterocycles. The molecule has 19 heavy (non-hydrogen) atoms. The lowest BCUT2D eigenvalue weighted by Crippen LogP contribution is -2.55. The Morgan fingerprint density at radius 2 is 1.58 bits per heavy atom. The molecule has 0 aliphatic heterocycles. The Morgan fingerprint density at radius 1 is 1.05 bits per heavy atom. The molecular formula is C10H13F7OS. The highest BCUT2D eigenvalue weighted by molar-refractivity contribution is 8.13. The Labute approximate surface area is 109 Å². The van der Waals surface area contributed by atoms with Gasteiger partial charge in [0, 0.05) is 18.6 Å². The minimum Gasteiger partial charge on any atom is -0.287 e. The number of rotatable bonds is 8. The van der Waals surface area contributed by atoms with E-state index in [1.807, 2.05) is 0 Å². The van der Waals surface area contributed by atoms with Crippen LogP contribution in [-0.2, 0) is 4.79 Å². The average Bonchev–Trinajstić information content (AvgIpc) is 2.33. The molecule has 9 heteroatoms. The van der Waals surface area contributed by atoms with Gasteiger partial charge in [-0.05, 0) is 6.42 Å². The topological polar surface area (TPSA) is 17.1 Å². The van der Waals surface area contributed by atoms with Gasteiger partial charge >= 0.3 is 17.8 Å². The zero-order valence-corrected chi connectivity index (χ0v) is 10.8. The molecule has 0 atom stereocenters. The molecular weight excluding hydrogens is 301 g/mol. The summed E-state index contributed by atoms with van der Waals surface area (Å²) in [4.78, 5) is 10.8. The maximum Gasteiger partial charge on any atom is 0.374 e. The maximum absolute atomic E-state index is 13.0. The van der Waals surface area contributed by atoms with E-state index in [2.05, 4.69) is 0 Å². The third kappa shape index (κ3) is 4.54. The highest BCUT2D eigenvalue weighted by Gasteiger charge is 2.70. The van der Waals surface area contributed by atoms with E-state index in [0.717, 1.165) is 0 Å². The number of carbonyl (C=O) groups excluding carboxylic acids is 1.